The third kappa shape index (κ3) is 1.33. The molecule has 3 N–H and O–H groups in total. The van der Waals surface area contributed by atoms with Gasteiger partial charge in [0.15, 0.2) is 0 Å². The minimum atomic E-state index is -1.71. The van der Waals surface area contributed by atoms with E-state index in [1.807, 2.05) is 0 Å². The van der Waals surface area contributed by atoms with Crippen LogP contribution in [-0.4, -0.2) is 11.7 Å². The van der Waals surface area contributed by atoms with E-state index in [4.69, 9.17) is 8.48 Å². The largest absolute Gasteiger partial charge is 0.394 e. The van der Waals surface area contributed by atoms with Crippen molar-refractivity contribution in [3.05, 3.63) is 35.1 Å². The van der Waals surface area contributed by atoms with Crippen LogP contribution in [0.15, 0.2) is 18.2 Å². The van der Waals surface area contributed by atoms with Gasteiger partial charge in [-0.15, -0.1) is 0 Å². The van der Waals surface area contributed by atoms with Gasteiger partial charge in [0.1, 0.15) is 5.82 Å². The monoisotopic (exact) mass is 197 g/mol. The lowest BCUT2D eigenvalue weighted by molar-refractivity contribution is 0.178. The maximum absolute atomic E-state index is 13.7. The number of nitrogens with two attached hydrogens (primary N) is 1. The average molecular weight is 197 g/mol. The molecule has 0 aromatic heterocycles. The van der Waals surface area contributed by atoms with Gasteiger partial charge in [-0.3, -0.25) is 0 Å². The maximum Gasteiger partial charge on any atom is 0.126 e. The lowest BCUT2D eigenvalue weighted by atomic mass is 9.77. The molecule has 0 saturated heterocycles. The summed E-state index contributed by atoms with van der Waals surface area (Å²) >= 11 is 0. The summed E-state index contributed by atoms with van der Waals surface area (Å²) in [6.07, 6.45) is -1.27. The Hall–Kier alpha value is -0.930. The molecule has 0 spiro atoms. The summed E-state index contributed by atoms with van der Waals surface area (Å²) in [6, 6.07) is 4.30. The highest BCUT2D eigenvalue weighted by Crippen LogP contribution is 2.33. The normalized spacial score (nSPS) is 31.6. The molecule has 0 saturated carbocycles. The Morgan fingerprint density at radius 3 is 3.14 bits per heavy atom. The van der Waals surface area contributed by atoms with E-state index in [2.05, 4.69) is 0 Å². The van der Waals surface area contributed by atoms with Crippen LogP contribution in [0.4, 0.5) is 4.39 Å². The first kappa shape index (κ1) is 7.37. The fourth-order valence-corrected chi connectivity index (χ4v) is 1.83. The van der Waals surface area contributed by atoms with Crippen LogP contribution < -0.4 is 5.73 Å². The quantitative estimate of drug-likeness (QED) is 0.713. The molecule has 76 valence electrons. The van der Waals surface area contributed by atoms with Crippen molar-refractivity contribution in [2.24, 2.45) is 5.73 Å². The minimum absolute atomic E-state index is 0.00204. The van der Waals surface area contributed by atoms with Gasteiger partial charge in [-0.25, -0.2) is 4.39 Å². The molecule has 0 radical (unpaired) electrons. The predicted molar refractivity (Wildman–Crippen MR) is 52.3 cm³/mol. The summed E-state index contributed by atoms with van der Waals surface area (Å²) in [5.74, 6) is -0.592. The molecule has 2 rings (SSSR count). The van der Waals surface area contributed by atoms with Gasteiger partial charge in [-0.05, 0) is 36.4 Å². The SMILES string of the molecule is [2H]C1([2H])CC[C@@](N)(CO)c2cccc(F)c21. The van der Waals surface area contributed by atoms with E-state index in [0.29, 0.717) is 12.0 Å². The van der Waals surface area contributed by atoms with Crippen LogP contribution in [0.3, 0.4) is 0 Å². The summed E-state index contributed by atoms with van der Waals surface area (Å²) in [5.41, 5.74) is 5.33. The van der Waals surface area contributed by atoms with Crippen LogP contribution in [0.5, 0.6) is 0 Å². The van der Waals surface area contributed by atoms with Crippen LogP contribution in [0, 0.1) is 5.82 Å². The average Bonchev–Trinajstić information content (AvgIpc) is 2.24. The van der Waals surface area contributed by atoms with Crippen molar-refractivity contribution in [3.63, 3.8) is 0 Å². The Morgan fingerprint density at radius 1 is 1.64 bits per heavy atom. The highest BCUT2D eigenvalue weighted by Gasteiger charge is 2.32. The molecule has 0 aliphatic heterocycles. The Balaban J connectivity index is 2.67. The Bertz CT molecular complexity index is 424. The topological polar surface area (TPSA) is 46.2 Å². The fourth-order valence-electron chi connectivity index (χ4n) is 1.83. The molecule has 1 aliphatic rings. The van der Waals surface area contributed by atoms with Crippen molar-refractivity contribution < 1.29 is 12.2 Å². The number of hydrogen-bond donors (Lipinski definition) is 2. The molecule has 3 heteroatoms. The molecule has 0 amide bonds. The summed E-state index contributed by atoms with van der Waals surface area (Å²) < 4.78 is 29.2. The van der Waals surface area contributed by atoms with Crippen LogP contribution in [0.1, 0.15) is 26.7 Å². The molecule has 2 nitrogen and oxygen atoms in total. The highest BCUT2D eigenvalue weighted by molar-refractivity contribution is 5.37. The molecular weight excluding hydrogens is 181 g/mol. The minimum Gasteiger partial charge on any atom is -0.394 e. The number of rotatable bonds is 1. The molecule has 1 aromatic rings. The van der Waals surface area contributed by atoms with E-state index in [1.54, 1.807) is 6.07 Å². The smallest absolute Gasteiger partial charge is 0.126 e. The lowest BCUT2D eigenvalue weighted by Gasteiger charge is -2.34. The van der Waals surface area contributed by atoms with Gasteiger partial charge in [-0.1, -0.05) is 12.1 Å². The van der Waals surface area contributed by atoms with Crippen molar-refractivity contribution in [1.82, 2.24) is 0 Å². The Kier molecular flexibility index (Phi) is 1.75. The number of fused-ring (bicyclic) bond motifs is 1. The van der Waals surface area contributed by atoms with Gasteiger partial charge >= 0.3 is 0 Å². The molecule has 1 aromatic carbocycles. The number of aliphatic hydroxyl groups excluding tert-OH is 1. The van der Waals surface area contributed by atoms with Crippen LogP contribution in [0.25, 0.3) is 0 Å². The van der Waals surface area contributed by atoms with Crippen molar-refractivity contribution in [2.45, 2.75) is 24.8 Å². The van der Waals surface area contributed by atoms with Crippen LogP contribution in [-0.2, 0) is 11.9 Å². The first-order valence-electron chi connectivity index (χ1n) is 5.60. The van der Waals surface area contributed by atoms with Crippen molar-refractivity contribution in [3.8, 4) is 0 Å². The first-order valence-corrected chi connectivity index (χ1v) is 4.60. The molecule has 0 bridgehead atoms. The van der Waals surface area contributed by atoms with E-state index < -0.39 is 17.7 Å². The third-order valence-corrected chi connectivity index (χ3v) is 2.71. The van der Waals surface area contributed by atoms with Gasteiger partial charge in [0.2, 0.25) is 0 Å². The lowest BCUT2D eigenvalue weighted by Crippen LogP contribution is -2.43. The Labute approximate surface area is 85.4 Å². The molecule has 0 fully saturated rings. The van der Waals surface area contributed by atoms with Crippen LogP contribution >= 0.6 is 0 Å². The predicted octanol–water partition coefficient (Wildman–Crippen LogP) is 1.31. The summed E-state index contributed by atoms with van der Waals surface area (Å²) in [5, 5.41) is 9.29. The highest BCUT2D eigenvalue weighted by atomic mass is 19.1. The number of benzene rings is 1. The third-order valence-electron chi connectivity index (χ3n) is 2.71. The van der Waals surface area contributed by atoms with Gasteiger partial charge in [0, 0.05) is 2.74 Å². The van der Waals surface area contributed by atoms with E-state index in [9.17, 15) is 9.50 Å². The zero-order valence-corrected chi connectivity index (χ0v) is 7.76. The van der Waals surface area contributed by atoms with Crippen molar-refractivity contribution in [1.29, 1.82) is 0 Å². The second-order valence-electron chi connectivity index (χ2n) is 3.65. The second kappa shape index (κ2) is 3.33. The number of aliphatic hydroxyl groups is 1. The summed E-state index contributed by atoms with van der Waals surface area (Å²) in [7, 11) is 0. The van der Waals surface area contributed by atoms with Crippen molar-refractivity contribution in [2.75, 3.05) is 6.61 Å². The standard InChI is InChI=1S/C11H14FNO/c12-10-5-1-4-9-8(10)3-2-6-11(9,13)7-14/h1,4-5,14H,2-3,6-7,13H2/t11-/m1/s1/i3D2. The van der Waals surface area contributed by atoms with Crippen molar-refractivity contribution >= 4 is 0 Å². The van der Waals surface area contributed by atoms with E-state index in [1.165, 1.54) is 12.1 Å². The van der Waals surface area contributed by atoms with E-state index in [-0.39, 0.29) is 18.6 Å². The molecule has 0 heterocycles. The van der Waals surface area contributed by atoms with Gasteiger partial charge in [-0.2, -0.15) is 0 Å². The van der Waals surface area contributed by atoms with E-state index in [0.717, 1.165) is 0 Å². The van der Waals surface area contributed by atoms with E-state index >= 15 is 0 Å². The first-order chi connectivity index (χ1) is 7.41. The zero-order chi connectivity index (χ0) is 12.0. The molecular formula is C11H14FNO. The summed E-state index contributed by atoms with van der Waals surface area (Å²) in [6.45, 7) is -0.306. The molecule has 1 atom stereocenters. The van der Waals surface area contributed by atoms with Gasteiger partial charge in [0.05, 0.1) is 12.1 Å². The molecule has 14 heavy (non-hydrogen) atoms. The van der Waals surface area contributed by atoms with Gasteiger partial charge < -0.3 is 10.8 Å². The van der Waals surface area contributed by atoms with Crippen LogP contribution in [0.2, 0.25) is 0 Å². The summed E-state index contributed by atoms with van der Waals surface area (Å²) in [4.78, 5) is 0. The number of hydrogen-bond acceptors (Lipinski definition) is 2. The zero-order valence-electron chi connectivity index (χ0n) is 9.76. The maximum atomic E-state index is 13.7. The number of halogens is 1. The molecule has 1 aliphatic carbocycles. The second-order valence-corrected chi connectivity index (χ2v) is 3.65. The van der Waals surface area contributed by atoms with Gasteiger partial charge in [0.25, 0.3) is 0 Å². The molecule has 0 unspecified atom stereocenters. The fraction of sp³-hybridized carbons (Fsp3) is 0.455. The Morgan fingerprint density at radius 2 is 2.43 bits per heavy atom.